The van der Waals surface area contributed by atoms with Crippen LogP contribution in [0.2, 0.25) is 0 Å². The van der Waals surface area contributed by atoms with E-state index in [0.717, 1.165) is 53.6 Å². The Morgan fingerprint density at radius 3 is 2.55 bits per heavy atom. The van der Waals surface area contributed by atoms with Crippen molar-refractivity contribution in [1.82, 2.24) is 4.90 Å². The van der Waals surface area contributed by atoms with Gasteiger partial charge >= 0.3 is 0 Å². The van der Waals surface area contributed by atoms with E-state index < -0.39 is 12.2 Å². The second-order valence-electron chi connectivity index (χ2n) is 9.14. The highest BCUT2D eigenvalue weighted by atomic mass is 16.5. The molecule has 0 aromatic heterocycles. The van der Waals surface area contributed by atoms with E-state index in [0.29, 0.717) is 24.5 Å². The third-order valence-corrected chi connectivity index (χ3v) is 7.14. The summed E-state index contributed by atoms with van der Waals surface area (Å²) in [6.07, 6.45) is 1.07. The molecule has 0 unspecified atom stereocenters. The Morgan fingerprint density at radius 1 is 1.03 bits per heavy atom. The maximum Gasteiger partial charge on any atom is 0.161 e. The molecular formula is C27H31NO5. The molecule has 2 aliphatic heterocycles. The van der Waals surface area contributed by atoms with Gasteiger partial charge in [-0.2, -0.15) is 0 Å². The Labute approximate surface area is 194 Å². The van der Waals surface area contributed by atoms with Crippen LogP contribution in [-0.2, 0) is 0 Å². The van der Waals surface area contributed by atoms with Crippen LogP contribution in [0.15, 0.2) is 54.6 Å². The van der Waals surface area contributed by atoms with Gasteiger partial charge in [0.2, 0.25) is 0 Å². The normalized spacial score (nSPS) is 20.8. The van der Waals surface area contributed by atoms with Crippen LogP contribution in [0.5, 0.6) is 17.2 Å². The molecule has 174 valence electrons. The molecule has 1 saturated heterocycles. The maximum atomic E-state index is 10.9. The van der Waals surface area contributed by atoms with Crippen LogP contribution in [0.25, 0.3) is 10.8 Å². The minimum atomic E-state index is -0.624. The Hall–Kier alpha value is -2.80. The number of methoxy groups -OCH3 is 2. The van der Waals surface area contributed by atoms with Gasteiger partial charge in [-0.25, -0.2) is 0 Å². The van der Waals surface area contributed by atoms with Gasteiger partial charge in [0.25, 0.3) is 0 Å². The summed E-state index contributed by atoms with van der Waals surface area (Å²) in [5.74, 6) is 2.09. The van der Waals surface area contributed by atoms with Crippen LogP contribution in [-0.4, -0.2) is 54.6 Å². The van der Waals surface area contributed by atoms with Crippen molar-refractivity contribution >= 4 is 10.8 Å². The van der Waals surface area contributed by atoms with Crippen molar-refractivity contribution in [1.29, 1.82) is 0 Å². The smallest absolute Gasteiger partial charge is 0.161 e. The summed E-state index contributed by atoms with van der Waals surface area (Å²) < 4.78 is 17.3. The number of benzene rings is 3. The summed E-state index contributed by atoms with van der Waals surface area (Å²) in [7, 11) is 3.20. The third kappa shape index (κ3) is 4.14. The summed E-state index contributed by atoms with van der Waals surface area (Å²) in [5.41, 5.74) is 1.31. The topological polar surface area (TPSA) is 71.4 Å². The van der Waals surface area contributed by atoms with E-state index in [1.54, 1.807) is 14.2 Å². The molecule has 0 bridgehead atoms. The SMILES string of the molecule is COc1ccc([C@@H](O)CN2CCC3(CC2)C[C@H](O)c2ccc4ccccc4c2O3)cc1OC. The fraction of sp³-hybridized carbons (Fsp3) is 0.407. The van der Waals surface area contributed by atoms with Gasteiger partial charge in [-0.15, -0.1) is 0 Å². The van der Waals surface area contributed by atoms with Crippen molar-refractivity contribution in [2.24, 2.45) is 0 Å². The van der Waals surface area contributed by atoms with Crippen LogP contribution in [0.1, 0.15) is 42.6 Å². The molecular weight excluding hydrogens is 418 g/mol. The molecule has 0 saturated carbocycles. The van der Waals surface area contributed by atoms with Crippen LogP contribution in [0.3, 0.4) is 0 Å². The number of aliphatic hydroxyl groups excluding tert-OH is 2. The molecule has 3 aromatic carbocycles. The second kappa shape index (κ2) is 8.86. The average molecular weight is 450 g/mol. The zero-order valence-electron chi connectivity index (χ0n) is 19.2. The number of piperidine rings is 1. The Kier molecular flexibility index (Phi) is 5.91. The highest BCUT2D eigenvalue weighted by molar-refractivity contribution is 5.90. The molecule has 5 rings (SSSR count). The first-order valence-corrected chi connectivity index (χ1v) is 11.5. The molecule has 2 atom stereocenters. The first kappa shape index (κ1) is 22.0. The minimum absolute atomic E-state index is 0.374. The Morgan fingerprint density at radius 2 is 1.79 bits per heavy atom. The second-order valence-corrected chi connectivity index (χ2v) is 9.14. The number of ether oxygens (including phenoxy) is 3. The predicted molar refractivity (Wildman–Crippen MR) is 127 cm³/mol. The van der Waals surface area contributed by atoms with E-state index in [2.05, 4.69) is 23.1 Å². The van der Waals surface area contributed by atoms with Gasteiger partial charge in [0.05, 0.1) is 26.4 Å². The lowest BCUT2D eigenvalue weighted by molar-refractivity contribution is -0.0577. The molecule has 2 aliphatic rings. The van der Waals surface area contributed by atoms with Gasteiger partial charge in [0, 0.05) is 37.0 Å². The number of hydrogen-bond acceptors (Lipinski definition) is 6. The third-order valence-electron chi connectivity index (χ3n) is 7.14. The number of fused-ring (bicyclic) bond motifs is 3. The number of nitrogens with zero attached hydrogens (tertiary/aromatic N) is 1. The highest BCUT2D eigenvalue weighted by Gasteiger charge is 2.43. The van der Waals surface area contributed by atoms with E-state index in [9.17, 15) is 10.2 Å². The van der Waals surface area contributed by atoms with E-state index in [1.165, 1.54) is 0 Å². The standard InChI is InChI=1S/C27H31NO5/c1-31-24-10-8-19(15-25(24)32-2)23(30)17-28-13-11-27(12-14-28)16-22(29)21-9-7-18-5-3-4-6-20(18)26(21)33-27/h3-10,15,22-23,29-30H,11-14,16-17H2,1-2H3/t22-,23-/m0/s1. The van der Waals surface area contributed by atoms with Crippen LogP contribution >= 0.6 is 0 Å². The first-order valence-electron chi connectivity index (χ1n) is 11.5. The molecule has 0 aliphatic carbocycles. The molecule has 1 spiro atoms. The summed E-state index contributed by atoms with van der Waals surface area (Å²) >= 11 is 0. The molecule has 2 N–H and O–H groups in total. The lowest BCUT2D eigenvalue weighted by atomic mass is 9.81. The van der Waals surface area contributed by atoms with Crippen LogP contribution in [0, 0.1) is 0 Å². The quantitative estimate of drug-likeness (QED) is 0.607. The molecule has 0 radical (unpaired) electrons. The lowest BCUT2D eigenvalue weighted by Crippen LogP contribution is -2.51. The highest BCUT2D eigenvalue weighted by Crippen LogP contribution is 2.47. The van der Waals surface area contributed by atoms with Crippen LogP contribution in [0.4, 0.5) is 0 Å². The number of aliphatic hydroxyl groups is 2. The molecule has 6 nitrogen and oxygen atoms in total. The van der Waals surface area contributed by atoms with E-state index in [-0.39, 0.29) is 5.60 Å². The number of rotatable bonds is 5. The monoisotopic (exact) mass is 449 g/mol. The lowest BCUT2D eigenvalue weighted by Gasteiger charge is -2.46. The van der Waals surface area contributed by atoms with Crippen molar-refractivity contribution in [3.63, 3.8) is 0 Å². The minimum Gasteiger partial charge on any atom is -0.493 e. The number of hydrogen-bond donors (Lipinski definition) is 2. The number of β-amino-alcohol motifs (C(OH)–C–C–N with tert-alkyl or cyclic N) is 1. The van der Waals surface area contributed by atoms with Crippen molar-refractivity contribution < 1.29 is 24.4 Å². The fourth-order valence-electron chi connectivity index (χ4n) is 5.22. The van der Waals surface area contributed by atoms with Gasteiger partial charge in [-0.3, -0.25) is 0 Å². The van der Waals surface area contributed by atoms with Gasteiger partial charge < -0.3 is 29.3 Å². The molecule has 3 aromatic rings. The van der Waals surface area contributed by atoms with Crippen molar-refractivity contribution in [2.75, 3.05) is 33.9 Å². The summed E-state index contributed by atoms with van der Waals surface area (Å²) in [6.45, 7) is 2.14. The number of likely N-dealkylation sites (tertiary alicyclic amines) is 1. The largest absolute Gasteiger partial charge is 0.493 e. The molecule has 2 heterocycles. The fourth-order valence-corrected chi connectivity index (χ4v) is 5.22. The zero-order valence-corrected chi connectivity index (χ0v) is 19.2. The van der Waals surface area contributed by atoms with E-state index in [1.807, 2.05) is 36.4 Å². The van der Waals surface area contributed by atoms with Gasteiger partial charge in [0.1, 0.15) is 11.4 Å². The maximum absolute atomic E-state index is 10.9. The summed E-state index contributed by atoms with van der Waals surface area (Å²) in [4.78, 5) is 2.26. The van der Waals surface area contributed by atoms with Gasteiger partial charge in [-0.05, 0) is 35.9 Å². The van der Waals surface area contributed by atoms with Gasteiger partial charge in [0.15, 0.2) is 11.5 Å². The van der Waals surface area contributed by atoms with Crippen molar-refractivity contribution in [3.05, 3.63) is 65.7 Å². The molecule has 33 heavy (non-hydrogen) atoms. The van der Waals surface area contributed by atoms with Gasteiger partial charge in [-0.1, -0.05) is 42.5 Å². The molecule has 0 amide bonds. The van der Waals surface area contributed by atoms with Crippen LogP contribution < -0.4 is 14.2 Å². The predicted octanol–water partition coefficient (Wildman–Crippen LogP) is 4.24. The van der Waals surface area contributed by atoms with E-state index in [4.69, 9.17) is 14.2 Å². The van der Waals surface area contributed by atoms with Crippen molar-refractivity contribution in [2.45, 2.75) is 37.1 Å². The first-order chi connectivity index (χ1) is 16.0. The van der Waals surface area contributed by atoms with Crippen molar-refractivity contribution in [3.8, 4) is 17.2 Å². The summed E-state index contributed by atoms with van der Waals surface area (Å²) in [6, 6.07) is 17.7. The molecule has 1 fully saturated rings. The molecule has 6 heteroatoms. The summed E-state index contributed by atoms with van der Waals surface area (Å²) in [5, 5.41) is 24.0. The Balaban J connectivity index is 1.28. The van der Waals surface area contributed by atoms with E-state index >= 15 is 0 Å². The average Bonchev–Trinajstić information content (AvgIpc) is 2.85. The zero-order chi connectivity index (χ0) is 23.0. The Bertz CT molecular complexity index is 1140.